The molecule has 0 aromatic carbocycles. The molecule has 18 heavy (non-hydrogen) atoms. The molecule has 96 valence electrons. The van der Waals surface area contributed by atoms with Gasteiger partial charge in [0.15, 0.2) is 5.13 Å². The van der Waals surface area contributed by atoms with Crippen LogP contribution in [0.2, 0.25) is 0 Å². The number of thiazole rings is 1. The van der Waals surface area contributed by atoms with E-state index in [9.17, 15) is 4.79 Å². The zero-order valence-corrected chi connectivity index (χ0v) is 11.6. The minimum Gasteiger partial charge on any atom is -0.295 e. The van der Waals surface area contributed by atoms with Crippen molar-refractivity contribution in [2.24, 2.45) is 0 Å². The number of hydrogen-bond acceptors (Lipinski definition) is 5. The summed E-state index contributed by atoms with van der Waals surface area (Å²) in [5.74, 6) is 0.379. The van der Waals surface area contributed by atoms with Crippen molar-refractivity contribution >= 4 is 22.4 Å². The highest BCUT2D eigenvalue weighted by atomic mass is 32.1. The van der Waals surface area contributed by atoms with Gasteiger partial charge in [0.25, 0.3) is 5.91 Å². The number of aromatic amines is 1. The molecule has 1 amide bonds. The molecular weight excluding hydrogens is 250 g/mol. The highest BCUT2D eigenvalue weighted by molar-refractivity contribution is 7.14. The largest absolute Gasteiger partial charge is 0.297 e. The Labute approximate surface area is 109 Å². The van der Waals surface area contributed by atoms with Crippen molar-refractivity contribution in [3.8, 4) is 0 Å². The zero-order valence-electron chi connectivity index (χ0n) is 10.7. The van der Waals surface area contributed by atoms with Gasteiger partial charge in [-0.05, 0) is 6.92 Å². The van der Waals surface area contributed by atoms with E-state index in [0.717, 1.165) is 5.69 Å². The number of aromatic nitrogens is 4. The van der Waals surface area contributed by atoms with Gasteiger partial charge in [0, 0.05) is 10.8 Å². The van der Waals surface area contributed by atoms with Crippen molar-refractivity contribution in [2.75, 3.05) is 5.32 Å². The third kappa shape index (κ3) is 2.73. The molecule has 2 heterocycles. The van der Waals surface area contributed by atoms with Gasteiger partial charge in [-0.2, -0.15) is 0 Å². The first-order chi connectivity index (χ1) is 8.36. The second-order valence-electron chi connectivity index (χ2n) is 4.99. The van der Waals surface area contributed by atoms with Crippen molar-refractivity contribution in [3.05, 3.63) is 22.7 Å². The van der Waals surface area contributed by atoms with E-state index in [1.54, 1.807) is 6.92 Å². The smallest absolute Gasteiger partial charge is 0.295 e. The third-order valence-electron chi connectivity index (χ3n) is 2.29. The van der Waals surface area contributed by atoms with Crippen molar-refractivity contribution in [2.45, 2.75) is 33.1 Å². The molecule has 0 fully saturated rings. The number of anilines is 1. The normalized spacial score (nSPS) is 11.6. The summed E-state index contributed by atoms with van der Waals surface area (Å²) in [6.07, 6.45) is 0. The van der Waals surface area contributed by atoms with E-state index in [-0.39, 0.29) is 17.1 Å². The number of nitrogens with zero attached hydrogens (tertiary/aromatic N) is 3. The van der Waals surface area contributed by atoms with Crippen LogP contribution >= 0.6 is 11.3 Å². The molecule has 0 bridgehead atoms. The number of hydrogen-bond donors (Lipinski definition) is 2. The van der Waals surface area contributed by atoms with Crippen molar-refractivity contribution in [1.29, 1.82) is 0 Å². The van der Waals surface area contributed by atoms with Crippen LogP contribution in [-0.4, -0.2) is 26.1 Å². The molecule has 0 saturated heterocycles. The first-order valence-electron chi connectivity index (χ1n) is 5.52. The lowest BCUT2D eigenvalue weighted by Crippen LogP contribution is -2.15. The van der Waals surface area contributed by atoms with Gasteiger partial charge in [-0.15, -0.1) is 16.4 Å². The standard InChI is InChI=1S/C11H15N5OS/c1-6-12-8(16-15-6)9(17)14-10-13-7(5-18-10)11(2,3)4/h5H,1-4H3,(H,12,15,16)(H,13,14,17). The van der Waals surface area contributed by atoms with E-state index in [4.69, 9.17) is 0 Å². The summed E-state index contributed by atoms with van der Waals surface area (Å²) in [5.41, 5.74) is 0.926. The highest BCUT2D eigenvalue weighted by Gasteiger charge is 2.19. The molecule has 2 rings (SSSR count). The lowest BCUT2D eigenvalue weighted by atomic mass is 9.93. The molecule has 2 aromatic rings. The summed E-state index contributed by atoms with van der Waals surface area (Å²) in [4.78, 5) is 20.1. The summed E-state index contributed by atoms with van der Waals surface area (Å²) < 4.78 is 0. The van der Waals surface area contributed by atoms with E-state index in [2.05, 4.69) is 46.3 Å². The quantitative estimate of drug-likeness (QED) is 0.871. The van der Waals surface area contributed by atoms with E-state index >= 15 is 0 Å². The molecule has 0 atom stereocenters. The van der Waals surface area contributed by atoms with Gasteiger partial charge in [0.05, 0.1) is 5.69 Å². The summed E-state index contributed by atoms with van der Waals surface area (Å²) in [6.45, 7) is 7.97. The Kier molecular flexibility index (Phi) is 3.16. The van der Waals surface area contributed by atoms with Crippen LogP contribution in [0.3, 0.4) is 0 Å². The number of carbonyl (C=O) groups is 1. The van der Waals surface area contributed by atoms with Gasteiger partial charge in [-0.3, -0.25) is 15.2 Å². The minimum atomic E-state index is -0.353. The second kappa shape index (κ2) is 4.49. The van der Waals surface area contributed by atoms with E-state index in [0.29, 0.717) is 11.0 Å². The molecule has 0 aliphatic rings. The van der Waals surface area contributed by atoms with E-state index < -0.39 is 0 Å². The van der Waals surface area contributed by atoms with E-state index in [1.807, 2.05) is 5.38 Å². The second-order valence-corrected chi connectivity index (χ2v) is 5.84. The fourth-order valence-corrected chi connectivity index (χ4v) is 2.21. The van der Waals surface area contributed by atoms with Gasteiger partial charge in [0.2, 0.25) is 5.82 Å². The number of H-pyrrole nitrogens is 1. The molecule has 2 N–H and O–H groups in total. The predicted octanol–water partition coefficient (Wildman–Crippen LogP) is 2.12. The van der Waals surface area contributed by atoms with Gasteiger partial charge >= 0.3 is 0 Å². The molecule has 0 spiro atoms. The summed E-state index contributed by atoms with van der Waals surface area (Å²) in [6, 6.07) is 0. The monoisotopic (exact) mass is 265 g/mol. The van der Waals surface area contributed by atoms with Gasteiger partial charge in [-0.25, -0.2) is 9.97 Å². The molecule has 0 saturated carbocycles. The van der Waals surface area contributed by atoms with Crippen LogP contribution in [0.1, 0.15) is 42.9 Å². The average Bonchev–Trinajstić information content (AvgIpc) is 2.85. The fourth-order valence-electron chi connectivity index (χ4n) is 1.27. The first-order valence-corrected chi connectivity index (χ1v) is 6.40. The van der Waals surface area contributed by atoms with Crippen LogP contribution in [0.25, 0.3) is 0 Å². The summed E-state index contributed by atoms with van der Waals surface area (Å²) in [5, 5.41) is 11.6. The van der Waals surface area contributed by atoms with Gasteiger partial charge in [-0.1, -0.05) is 20.8 Å². The fraction of sp³-hybridized carbons (Fsp3) is 0.455. The Morgan fingerprint density at radius 1 is 1.39 bits per heavy atom. The lowest BCUT2D eigenvalue weighted by Gasteiger charge is -2.14. The molecule has 0 aliphatic carbocycles. The van der Waals surface area contributed by atoms with Gasteiger partial charge < -0.3 is 0 Å². The molecule has 0 aliphatic heterocycles. The maximum Gasteiger partial charge on any atom is 0.297 e. The topological polar surface area (TPSA) is 83.6 Å². The molecule has 7 heteroatoms. The Bertz CT molecular complexity index is 566. The SMILES string of the molecule is Cc1nc(C(=O)Nc2nc(C(C)(C)C)cs2)n[nH]1. The number of nitrogens with one attached hydrogen (secondary N) is 2. The number of rotatable bonds is 2. The predicted molar refractivity (Wildman–Crippen MR) is 69.9 cm³/mol. The Balaban J connectivity index is 2.10. The maximum atomic E-state index is 11.8. The maximum absolute atomic E-state index is 11.8. The van der Waals surface area contributed by atoms with E-state index in [1.165, 1.54) is 11.3 Å². The molecule has 0 unspecified atom stereocenters. The average molecular weight is 265 g/mol. The highest BCUT2D eigenvalue weighted by Crippen LogP contribution is 2.26. The zero-order chi connectivity index (χ0) is 13.3. The first kappa shape index (κ1) is 12.7. The Morgan fingerprint density at radius 2 is 2.11 bits per heavy atom. The van der Waals surface area contributed by atoms with Gasteiger partial charge in [0.1, 0.15) is 5.82 Å². The van der Waals surface area contributed by atoms with Crippen LogP contribution in [0.15, 0.2) is 5.38 Å². The molecular formula is C11H15N5OS. The van der Waals surface area contributed by atoms with Crippen LogP contribution in [0, 0.1) is 6.92 Å². The minimum absolute atomic E-state index is 0.0271. The number of carbonyl (C=O) groups excluding carboxylic acids is 1. The molecule has 6 nitrogen and oxygen atoms in total. The van der Waals surface area contributed by atoms with Crippen molar-refractivity contribution < 1.29 is 4.79 Å². The Morgan fingerprint density at radius 3 is 2.61 bits per heavy atom. The number of amides is 1. The van der Waals surface area contributed by atoms with Crippen LogP contribution in [-0.2, 0) is 5.41 Å². The summed E-state index contributed by atoms with van der Waals surface area (Å²) in [7, 11) is 0. The van der Waals surface area contributed by atoms with Crippen molar-refractivity contribution in [1.82, 2.24) is 20.2 Å². The lowest BCUT2D eigenvalue weighted by molar-refractivity contribution is 0.101. The van der Waals surface area contributed by atoms with Crippen LogP contribution in [0.5, 0.6) is 0 Å². The Hall–Kier alpha value is -1.76. The number of aryl methyl sites for hydroxylation is 1. The molecule has 0 radical (unpaired) electrons. The van der Waals surface area contributed by atoms with Crippen LogP contribution < -0.4 is 5.32 Å². The molecule has 2 aromatic heterocycles. The summed E-state index contributed by atoms with van der Waals surface area (Å²) >= 11 is 1.40. The van der Waals surface area contributed by atoms with Crippen molar-refractivity contribution in [3.63, 3.8) is 0 Å². The van der Waals surface area contributed by atoms with Crippen LogP contribution in [0.4, 0.5) is 5.13 Å². The third-order valence-corrected chi connectivity index (χ3v) is 3.05.